The Morgan fingerprint density at radius 3 is 2.36 bits per heavy atom. The van der Waals surface area contributed by atoms with Crippen molar-refractivity contribution in [2.45, 2.75) is 19.9 Å². The van der Waals surface area contributed by atoms with Gasteiger partial charge in [0.1, 0.15) is 0 Å². The highest BCUT2D eigenvalue weighted by atomic mass is 28.3. The molecule has 1 heterocycles. The molecule has 0 amide bonds. The molecule has 0 nitrogen and oxygen atoms in total. The smallest absolute Gasteiger partial charge is 0.0927 e. The second kappa shape index (κ2) is 3.97. The Kier molecular flexibility index (Phi) is 2.68. The minimum Gasteiger partial charge on any atom is -0.0927 e. The van der Waals surface area contributed by atoms with Gasteiger partial charge in [-0.2, -0.15) is 0 Å². The Bertz CT molecular complexity index is 373. The molecule has 0 aromatic heterocycles. The van der Waals surface area contributed by atoms with E-state index >= 15 is 0 Å². The van der Waals surface area contributed by atoms with E-state index in [1.807, 2.05) is 0 Å². The van der Waals surface area contributed by atoms with Crippen molar-refractivity contribution in [2.24, 2.45) is 0 Å². The Labute approximate surface area is 87.6 Å². The van der Waals surface area contributed by atoms with Crippen LogP contribution in [0.25, 0.3) is 0 Å². The molecule has 1 unspecified atom stereocenters. The highest BCUT2D eigenvalue weighted by Gasteiger charge is 2.15. The van der Waals surface area contributed by atoms with Gasteiger partial charge in [0, 0.05) is 0 Å². The molecule has 2 rings (SSSR count). The van der Waals surface area contributed by atoms with E-state index in [-0.39, 0.29) is 0 Å². The molecule has 1 aliphatic rings. The first-order valence-electron chi connectivity index (χ1n) is 5.17. The summed E-state index contributed by atoms with van der Waals surface area (Å²) in [6.45, 7) is 4.53. The summed E-state index contributed by atoms with van der Waals surface area (Å²) < 4.78 is 0. The van der Waals surface area contributed by atoms with Crippen LogP contribution in [0.15, 0.2) is 52.9 Å². The largest absolute Gasteiger partial charge is 0.0931 e. The van der Waals surface area contributed by atoms with Gasteiger partial charge in [0.05, 0.1) is 8.80 Å². The highest BCUT2D eigenvalue weighted by Crippen LogP contribution is 2.20. The number of benzene rings is 1. The minimum atomic E-state index is -0.761. The second-order valence-electron chi connectivity index (χ2n) is 4.02. The fourth-order valence-electron chi connectivity index (χ4n) is 1.92. The first-order valence-corrected chi connectivity index (χ1v) is 7.23. The molecule has 0 bridgehead atoms. The van der Waals surface area contributed by atoms with E-state index in [1.165, 1.54) is 17.2 Å². The van der Waals surface area contributed by atoms with Crippen LogP contribution in [-0.4, -0.2) is 8.80 Å². The summed E-state index contributed by atoms with van der Waals surface area (Å²) in [5, 5.41) is 1.66. The van der Waals surface area contributed by atoms with Crippen LogP contribution in [0.5, 0.6) is 0 Å². The van der Waals surface area contributed by atoms with Crippen molar-refractivity contribution >= 4 is 8.80 Å². The topological polar surface area (TPSA) is 0 Å². The summed E-state index contributed by atoms with van der Waals surface area (Å²) in [6, 6.07) is 12.1. The molecular formula is C13H16Si. The highest BCUT2D eigenvalue weighted by molar-refractivity contribution is 6.72. The van der Waals surface area contributed by atoms with Gasteiger partial charge in [-0.15, -0.1) is 0 Å². The van der Waals surface area contributed by atoms with E-state index in [9.17, 15) is 0 Å². The number of hydrogen-bond acceptors (Lipinski definition) is 0. The van der Waals surface area contributed by atoms with Gasteiger partial charge in [0.15, 0.2) is 0 Å². The van der Waals surface area contributed by atoms with Crippen molar-refractivity contribution < 1.29 is 0 Å². The van der Waals surface area contributed by atoms with E-state index < -0.39 is 8.80 Å². The first-order chi connectivity index (χ1) is 6.77. The van der Waals surface area contributed by atoms with E-state index in [0.717, 1.165) is 0 Å². The summed E-state index contributed by atoms with van der Waals surface area (Å²) in [5.41, 5.74) is 5.44. The SMILES string of the molecule is CC1=C(C)[SiH](Cc2ccccc2)C=C1. The van der Waals surface area contributed by atoms with Crippen molar-refractivity contribution in [3.05, 3.63) is 58.4 Å². The average molecular weight is 200 g/mol. The normalized spacial score (nSPS) is 20.6. The minimum absolute atomic E-state index is 0.761. The predicted octanol–water partition coefficient (Wildman–Crippen LogP) is 2.98. The Morgan fingerprint density at radius 2 is 1.79 bits per heavy atom. The second-order valence-corrected chi connectivity index (χ2v) is 6.89. The van der Waals surface area contributed by atoms with E-state index in [2.05, 4.69) is 56.0 Å². The lowest BCUT2D eigenvalue weighted by Gasteiger charge is -2.08. The average Bonchev–Trinajstić information content (AvgIpc) is 2.52. The lowest BCUT2D eigenvalue weighted by atomic mass is 10.2. The van der Waals surface area contributed by atoms with Crippen molar-refractivity contribution in [3.63, 3.8) is 0 Å². The van der Waals surface area contributed by atoms with Crippen molar-refractivity contribution in [3.8, 4) is 0 Å². The molecule has 1 aromatic carbocycles. The van der Waals surface area contributed by atoms with Crippen LogP contribution in [0.4, 0.5) is 0 Å². The summed E-state index contributed by atoms with van der Waals surface area (Å²) in [5.74, 6) is 0. The third kappa shape index (κ3) is 1.88. The molecule has 0 aliphatic carbocycles. The molecule has 1 aliphatic heterocycles. The molecule has 0 spiro atoms. The third-order valence-electron chi connectivity index (χ3n) is 3.06. The van der Waals surface area contributed by atoms with Gasteiger partial charge in [-0.1, -0.05) is 58.4 Å². The molecule has 14 heavy (non-hydrogen) atoms. The summed E-state index contributed by atoms with van der Waals surface area (Å²) in [7, 11) is -0.761. The molecule has 1 aromatic rings. The predicted molar refractivity (Wildman–Crippen MR) is 64.8 cm³/mol. The van der Waals surface area contributed by atoms with Crippen LogP contribution in [0.1, 0.15) is 19.4 Å². The van der Waals surface area contributed by atoms with E-state index in [0.29, 0.717) is 0 Å². The van der Waals surface area contributed by atoms with Gasteiger partial charge < -0.3 is 0 Å². The maximum Gasteiger partial charge on any atom is 0.0931 e. The lowest BCUT2D eigenvalue weighted by molar-refractivity contribution is 1.35. The van der Waals surface area contributed by atoms with Gasteiger partial charge in [-0.25, -0.2) is 0 Å². The third-order valence-corrected chi connectivity index (χ3v) is 6.19. The summed E-state index contributed by atoms with van der Waals surface area (Å²) >= 11 is 0. The van der Waals surface area contributed by atoms with Gasteiger partial charge in [0.25, 0.3) is 0 Å². The van der Waals surface area contributed by atoms with Gasteiger partial charge in [-0.3, -0.25) is 0 Å². The number of rotatable bonds is 2. The van der Waals surface area contributed by atoms with Gasteiger partial charge in [-0.05, 0) is 19.9 Å². The van der Waals surface area contributed by atoms with Gasteiger partial charge in [0.2, 0.25) is 0 Å². The standard InChI is InChI=1S/C13H16Si/c1-11-8-9-14(12(11)2)10-13-6-4-3-5-7-13/h3-9,14H,10H2,1-2H3. The monoisotopic (exact) mass is 200 g/mol. The van der Waals surface area contributed by atoms with E-state index in [4.69, 9.17) is 0 Å². The van der Waals surface area contributed by atoms with Crippen LogP contribution >= 0.6 is 0 Å². The molecule has 0 radical (unpaired) electrons. The number of hydrogen-bond donors (Lipinski definition) is 0. The Balaban J connectivity index is 2.11. The van der Waals surface area contributed by atoms with Crippen LogP contribution in [0.2, 0.25) is 0 Å². The molecular weight excluding hydrogens is 184 g/mol. The maximum atomic E-state index is 2.46. The quantitative estimate of drug-likeness (QED) is 0.644. The molecule has 1 atom stereocenters. The molecule has 0 saturated heterocycles. The van der Waals surface area contributed by atoms with Gasteiger partial charge >= 0.3 is 0 Å². The van der Waals surface area contributed by atoms with Crippen LogP contribution in [-0.2, 0) is 6.04 Å². The maximum absolute atomic E-state index is 2.46. The van der Waals surface area contributed by atoms with Crippen molar-refractivity contribution in [1.29, 1.82) is 0 Å². The lowest BCUT2D eigenvalue weighted by Crippen LogP contribution is -2.14. The van der Waals surface area contributed by atoms with E-state index in [1.54, 1.807) is 5.20 Å². The zero-order valence-corrected chi connectivity index (χ0v) is 9.98. The summed E-state index contributed by atoms with van der Waals surface area (Å²) in [4.78, 5) is 0. The fraction of sp³-hybridized carbons (Fsp3) is 0.231. The summed E-state index contributed by atoms with van der Waals surface area (Å²) in [6.07, 6.45) is 2.30. The molecule has 1 heteroatoms. The zero-order valence-electron chi connectivity index (χ0n) is 8.83. The molecule has 0 N–H and O–H groups in total. The zero-order chi connectivity index (χ0) is 9.97. The van der Waals surface area contributed by atoms with Crippen LogP contribution in [0, 0.1) is 0 Å². The number of allylic oxidation sites excluding steroid dienone is 3. The molecule has 0 fully saturated rings. The Hall–Kier alpha value is -1.08. The fourth-order valence-corrected chi connectivity index (χ4v) is 4.63. The van der Waals surface area contributed by atoms with Crippen LogP contribution < -0.4 is 0 Å². The molecule has 72 valence electrons. The van der Waals surface area contributed by atoms with Crippen LogP contribution in [0.3, 0.4) is 0 Å². The molecule has 0 saturated carbocycles. The van der Waals surface area contributed by atoms with Crippen molar-refractivity contribution in [1.82, 2.24) is 0 Å². The first kappa shape index (κ1) is 9.47. The Morgan fingerprint density at radius 1 is 1.07 bits per heavy atom. The van der Waals surface area contributed by atoms with Crippen molar-refractivity contribution in [2.75, 3.05) is 0 Å².